The maximum atomic E-state index is 12.8. The molecule has 0 aliphatic carbocycles. The molecule has 1 aliphatic rings. The summed E-state index contributed by atoms with van der Waals surface area (Å²) >= 11 is 0. The lowest BCUT2D eigenvalue weighted by Crippen LogP contribution is -2.48. The Morgan fingerprint density at radius 2 is 1.74 bits per heavy atom. The summed E-state index contributed by atoms with van der Waals surface area (Å²) in [5, 5.41) is 4.81. The summed E-state index contributed by atoms with van der Waals surface area (Å²) in [6.45, 7) is 6.58. The number of carbonyl (C=O) groups is 1. The van der Waals surface area contributed by atoms with Crippen molar-refractivity contribution in [3.63, 3.8) is 0 Å². The van der Waals surface area contributed by atoms with Crippen LogP contribution < -0.4 is 4.74 Å². The molecule has 1 fully saturated rings. The molecule has 0 unspecified atom stereocenters. The standard InChI is InChI=1S/C25H28N4O2/c1-3-27-15-17-28(18-16-27)24(30)14-11-21-19-29(22-7-5-4-6-8-22)26-25(21)20-9-12-23(31-2)13-10-20/h4-14,19H,3,15-18H2,1-2H3/b14-11+. The molecule has 1 aliphatic heterocycles. The second kappa shape index (κ2) is 9.62. The lowest BCUT2D eigenvalue weighted by Gasteiger charge is -2.33. The Bertz CT molecular complexity index is 1030. The van der Waals surface area contributed by atoms with Gasteiger partial charge in [-0.1, -0.05) is 25.1 Å². The largest absolute Gasteiger partial charge is 0.497 e. The number of hydrogen-bond donors (Lipinski definition) is 0. The average Bonchev–Trinajstić information content (AvgIpc) is 3.27. The summed E-state index contributed by atoms with van der Waals surface area (Å²) in [7, 11) is 1.65. The number of methoxy groups -OCH3 is 1. The lowest BCUT2D eigenvalue weighted by atomic mass is 10.1. The van der Waals surface area contributed by atoms with E-state index >= 15 is 0 Å². The van der Waals surface area contributed by atoms with Gasteiger partial charge >= 0.3 is 0 Å². The third-order valence-electron chi connectivity index (χ3n) is 5.66. The molecule has 0 spiro atoms. The van der Waals surface area contributed by atoms with Gasteiger partial charge in [0.2, 0.25) is 5.91 Å². The first-order valence-electron chi connectivity index (χ1n) is 10.7. The zero-order valence-electron chi connectivity index (χ0n) is 18.1. The van der Waals surface area contributed by atoms with Crippen molar-refractivity contribution >= 4 is 12.0 Å². The van der Waals surface area contributed by atoms with Gasteiger partial charge in [-0.2, -0.15) is 5.10 Å². The van der Waals surface area contributed by atoms with Crippen molar-refractivity contribution in [3.8, 4) is 22.7 Å². The number of nitrogens with zero attached hydrogens (tertiary/aromatic N) is 4. The molecular formula is C25H28N4O2. The van der Waals surface area contributed by atoms with Crippen LogP contribution in [0.4, 0.5) is 0 Å². The number of carbonyl (C=O) groups excluding carboxylic acids is 1. The van der Waals surface area contributed by atoms with Gasteiger partial charge in [-0.05, 0) is 49.0 Å². The van der Waals surface area contributed by atoms with Gasteiger partial charge in [0.25, 0.3) is 0 Å². The minimum atomic E-state index is 0.0453. The number of piperazine rings is 1. The number of likely N-dealkylation sites (N-methyl/N-ethyl adjacent to an activating group) is 1. The molecule has 0 radical (unpaired) electrons. The van der Waals surface area contributed by atoms with E-state index in [-0.39, 0.29) is 5.91 Å². The summed E-state index contributed by atoms with van der Waals surface area (Å²) in [5.74, 6) is 0.841. The Morgan fingerprint density at radius 1 is 1.03 bits per heavy atom. The monoisotopic (exact) mass is 416 g/mol. The van der Waals surface area contributed by atoms with Crippen molar-refractivity contribution in [3.05, 3.63) is 72.4 Å². The van der Waals surface area contributed by atoms with Crippen LogP contribution in [-0.4, -0.2) is 65.3 Å². The molecule has 1 amide bonds. The number of aromatic nitrogens is 2. The normalized spacial score (nSPS) is 14.8. The first-order chi connectivity index (χ1) is 15.2. The molecule has 4 rings (SSSR count). The number of amides is 1. The number of hydrogen-bond acceptors (Lipinski definition) is 4. The van der Waals surface area contributed by atoms with Gasteiger partial charge in [-0.15, -0.1) is 0 Å². The molecule has 2 heterocycles. The Kier molecular flexibility index (Phi) is 6.48. The van der Waals surface area contributed by atoms with E-state index in [9.17, 15) is 4.79 Å². The van der Waals surface area contributed by atoms with Gasteiger partial charge in [-0.3, -0.25) is 4.79 Å². The molecule has 0 N–H and O–H groups in total. The van der Waals surface area contributed by atoms with E-state index in [1.54, 1.807) is 13.2 Å². The highest BCUT2D eigenvalue weighted by atomic mass is 16.5. The smallest absolute Gasteiger partial charge is 0.246 e. The number of ether oxygens (including phenoxy) is 1. The van der Waals surface area contributed by atoms with Crippen LogP contribution >= 0.6 is 0 Å². The van der Waals surface area contributed by atoms with E-state index in [1.165, 1.54) is 0 Å². The maximum Gasteiger partial charge on any atom is 0.246 e. The molecule has 1 aromatic heterocycles. The van der Waals surface area contributed by atoms with Crippen molar-refractivity contribution in [2.45, 2.75) is 6.92 Å². The summed E-state index contributed by atoms with van der Waals surface area (Å²) in [5.41, 5.74) is 3.67. The molecule has 3 aromatic rings. The van der Waals surface area contributed by atoms with Crippen molar-refractivity contribution < 1.29 is 9.53 Å². The van der Waals surface area contributed by atoms with Gasteiger partial charge in [0.05, 0.1) is 18.5 Å². The first-order valence-corrected chi connectivity index (χ1v) is 10.7. The zero-order chi connectivity index (χ0) is 21.6. The van der Waals surface area contributed by atoms with E-state index in [4.69, 9.17) is 9.84 Å². The van der Waals surface area contributed by atoms with E-state index in [2.05, 4.69) is 11.8 Å². The van der Waals surface area contributed by atoms with Gasteiger partial charge < -0.3 is 14.5 Å². The molecule has 0 atom stereocenters. The van der Waals surface area contributed by atoms with Crippen molar-refractivity contribution in [2.75, 3.05) is 39.8 Å². The molecule has 1 saturated heterocycles. The van der Waals surface area contributed by atoms with Crippen LogP contribution in [-0.2, 0) is 4.79 Å². The molecule has 6 heteroatoms. The molecule has 31 heavy (non-hydrogen) atoms. The quantitative estimate of drug-likeness (QED) is 0.575. The Morgan fingerprint density at radius 3 is 2.39 bits per heavy atom. The Hall–Kier alpha value is -3.38. The minimum absolute atomic E-state index is 0.0453. The van der Waals surface area contributed by atoms with Crippen LogP contribution in [0.15, 0.2) is 66.9 Å². The van der Waals surface area contributed by atoms with E-state index < -0.39 is 0 Å². The SMILES string of the molecule is CCN1CCN(C(=O)/C=C/c2cn(-c3ccccc3)nc2-c2ccc(OC)cc2)CC1. The van der Waals surface area contributed by atoms with Crippen molar-refractivity contribution in [2.24, 2.45) is 0 Å². The van der Waals surface area contributed by atoms with Crippen LogP contribution in [0.25, 0.3) is 23.0 Å². The predicted octanol–water partition coefficient (Wildman–Crippen LogP) is 3.73. The third kappa shape index (κ3) is 4.86. The summed E-state index contributed by atoms with van der Waals surface area (Å²) in [6.07, 6.45) is 5.51. The molecule has 2 aromatic carbocycles. The van der Waals surface area contributed by atoms with Crippen molar-refractivity contribution in [1.82, 2.24) is 19.6 Å². The van der Waals surface area contributed by atoms with Crippen LogP contribution in [0.3, 0.4) is 0 Å². The minimum Gasteiger partial charge on any atom is -0.497 e. The highest BCUT2D eigenvalue weighted by Crippen LogP contribution is 2.26. The highest BCUT2D eigenvalue weighted by molar-refractivity contribution is 5.93. The molecular weight excluding hydrogens is 388 g/mol. The fraction of sp³-hybridized carbons (Fsp3) is 0.280. The number of para-hydroxylation sites is 1. The van der Waals surface area contributed by atoms with Crippen molar-refractivity contribution in [1.29, 1.82) is 0 Å². The maximum absolute atomic E-state index is 12.8. The predicted molar refractivity (Wildman–Crippen MR) is 123 cm³/mol. The zero-order valence-corrected chi connectivity index (χ0v) is 18.1. The average molecular weight is 417 g/mol. The van der Waals surface area contributed by atoms with E-state index in [0.717, 1.165) is 61.0 Å². The van der Waals surface area contributed by atoms with Gasteiger partial charge in [0.1, 0.15) is 5.75 Å². The van der Waals surface area contributed by atoms with Gasteiger partial charge in [0.15, 0.2) is 0 Å². The van der Waals surface area contributed by atoms with E-state index in [0.29, 0.717) is 0 Å². The molecule has 0 bridgehead atoms. The first kappa shape index (κ1) is 20.9. The molecule has 160 valence electrons. The number of rotatable bonds is 6. The fourth-order valence-electron chi connectivity index (χ4n) is 3.75. The van der Waals surface area contributed by atoms with Crippen LogP contribution in [0.2, 0.25) is 0 Å². The van der Waals surface area contributed by atoms with Crippen LogP contribution in [0.1, 0.15) is 12.5 Å². The van der Waals surface area contributed by atoms with Crippen LogP contribution in [0.5, 0.6) is 5.75 Å². The molecule has 6 nitrogen and oxygen atoms in total. The Labute approximate surface area is 183 Å². The second-order valence-electron chi connectivity index (χ2n) is 7.53. The highest BCUT2D eigenvalue weighted by Gasteiger charge is 2.18. The Balaban J connectivity index is 1.61. The van der Waals surface area contributed by atoms with Crippen LogP contribution in [0, 0.1) is 0 Å². The lowest BCUT2D eigenvalue weighted by molar-refractivity contribution is -0.127. The topological polar surface area (TPSA) is 50.6 Å². The summed E-state index contributed by atoms with van der Waals surface area (Å²) < 4.78 is 7.13. The second-order valence-corrected chi connectivity index (χ2v) is 7.53. The fourth-order valence-corrected chi connectivity index (χ4v) is 3.75. The van der Waals surface area contributed by atoms with Gasteiger partial charge in [0, 0.05) is 49.6 Å². The summed E-state index contributed by atoms with van der Waals surface area (Å²) in [4.78, 5) is 17.0. The molecule has 0 saturated carbocycles. The van der Waals surface area contributed by atoms with Gasteiger partial charge in [-0.25, -0.2) is 4.68 Å². The van der Waals surface area contributed by atoms with E-state index in [1.807, 2.05) is 76.5 Å². The third-order valence-corrected chi connectivity index (χ3v) is 5.66. The number of benzene rings is 2. The summed E-state index contributed by atoms with van der Waals surface area (Å²) in [6, 6.07) is 17.8.